The monoisotopic (exact) mass is 416 g/mol. The molecule has 0 unspecified atom stereocenters. The van der Waals surface area contributed by atoms with Gasteiger partial charge in [-0.2, -0.15) is 0 Å². The summed E-state index contributed by atoms with van der Waals surface area (Å²) in [5.41, 5.74) is 3.12. The molecule has 0 aliphatic carbocycles. The lowest BCUT2D eigenvalue weighted by molar-refractivity contribution is 0.0678. The van der Waals surface area contributed by atoms with E-state index in [1.165, 1.54) is 0 Å². The summed E-state index contributed by atoms with van der Waals surface area (Å²) in [5.74, 6) is 1.14. The first-order valence-corrected chi connectivity index (χ1v) is 10.6. The Balaban J connectivity index is 1.57. The van der Waals surface area contributed by atoms with E-state index in [1.54, 1.807) is 18.3 Å². The predicted molar refractivity (Wildman–Crippen MR) is 119 cm³/mol. The molecular weight excluding hydrogens is 392 g/mol. The molecule has 1 saturated heterocycles. The van der Waals surface area contributed by atoms with Crippen LogP contribution in [0.4, 0.5) is 0 Å². The van der Waals surface area contributed by atoms with E-state index in [0.717, 1.165) is 30.3 Å². The van der Waals surface area contributed by atoms with E-state index >= 15 is 0 Å². The molecule has 2 aromatic heterocycles. The maximum absolute atomic E-state index is 13.2. The lowest BCUT2D eigenvalue weighted by Crippen LogP contribution is -2.38. The van der Waals surface area contributed by atoms with E-state index in [4.69, 9.17) is 5.11 Å². The minimum Gasteiger partial charge on any atom is -0.396 e. The Bertz CT molecular complexity index is 1300. The van der Waals surface area contributed by atoms with Gasteiger partial charge in [0.05, 0.1) is 17.2 Å². The fraction of sp³-hybridized carbons (Fsp3) is 0.292. The van der Waals surface area contributed by atoms with Crippen LogP contribution in [0.1, 0.15) is 29.6 Å². The van der Waals surface area contributed by atoms with Crippen LogP contribution in [0.3, 0.4) is 0 Å². The van der Waals surface area contributed by atoms with E-state index in [2.05, 4.69) is 9.97 Å². The van der Waals surface area contributed by atoms with Gasteiger partial charge < -0.3 is 15.0 Å². The van der Waals surface area contributed by atoms with Gasteiger partial charge in [-0.1, -0.05) is 30.3 Å². The summed E-state index contributed by atoms with van der Waals surface area (Å²) in [6.07, 6.45) is 4.20. The zero-order valence-corrected chi connectivity index (χ0v) is 17.1. The van der Waals surface area contributed by atoms with Crippen LogP contribution in [0.25, 0.3) is 27.9 Å². The number of amides is 1. The Labute approximate surface area is 179 Å². The van der Waals surface area contributed by atoms with Crippen molar-refractivity contribution in [2.45, 2.75) is 19.3 Å². The van der Waals surface area contributed by atoms with Gasteiger partial charge in [-0.05, 0) is 43.4 Å². The van der Waals surface area contributed by atoms with Gasteiger partial charge in [-0.3, -0.25) is 14.0 Å². The number of aliphatic hydroxyl groups is 1. The van der Waals surface area contributed by atoms with Crippen LogP contribution in [-0.4, -0.2) is 50.0 Å². The molecule has 7 nitrogen and oxygen atoms in total. The number of hydrogen-bond acceptors (Lipinski definition) is 4. The van der Waals surface area contributed by atoms with Gasteiger partial charge in [-0.15, -0.1) is 0 Å². The normalized spacial score (nSPS) is 15.1. The van der Waals surface area contributed by atoms with Crippen LogP contribution in [0.2, 0.25) is 0 Å². The second kappa shape index (κ2) is 8.00. The summed E-state index contributed by atoms with van der Waals surface area (Å²) in [6.45, 7) is 1.60. The molecule has 158 valence electrons. The summed E-state index contributed by atoms with van der Waals surface area (Å²) < 4.78 is 1.83. The Morgan fingerprint density at radius 2 is 1.87 bits per heavy atom. The van der Waals surface area contributed by atoms with E-state index in [9.17, 15) is 9.59 Å². The Morgan fingerprint density at radius 1 is 1.10 bits per heavy atom. The molecule has 2 N–H and O–H groups in total. The minimum atomic E-state index is -0.216. The molecule has 0 bridgehead atoms. The maximum atomic E-state index is 13.2. The number of nitrogens with one attached hydrogen (secondary N) is 1. The average Bonchev–Trinajstić information content (AvgIpc) is 3.26. The van der Waals surface area contributed by atoms with Crippen LogP contribution in [-0.2, 0) is 0 Å². The van der Waals surface area contributed by atoms with E-state index in [1.807, 2.05) is 45.7 Å². The second-order valence-electron chi connectivity index (χ2n) is 8.10. The lowest BCUT2D eigenvalue weighted by Gasteiger charge is -2.31. The van der Waals surface area contributed by atoms with Gasteiger partial charge >= 0.3 is 0 Å². The van der Waals surface area contributed by atoms with Crippen LogP contribution >= 0.6 is 0 Å². The highest BCUT2D eigenvalue weighted by molar-refractivity contribution is 5.98. The molecule has 2 aromatic carbocycles. The first-order valence-electron chi connectivity index (χ1n) is 10.6. The number of benzene rings is 2. The lowest BCUT2D eigenvalue weighted by atomic mass is 9.93. The summed E-state index contributed by atoms with van der Waals surface area (Å²) >= 11 is 0. The molecular formula is C24H24N4O3. The van der Waals surface area contributed by atoms with Crippen LogP contribution in [0, 0.1) is 5.92 Å². The number of rotatable bonds is 4. The highest BCUT2D eigenvalue weighted by Crippen LogP contribution is 2.25. The SMILES string of the molecule is O=C(c1ccc2[nH]c(=O)c3cnc(-c4ccccc4)n3c2c1)N1CCC(CCO)CC1. The maximum Gasteiger partial charge on any atom is 0.274 e. The molecule has 1 aliphatic rings. The molecule has 0 atom stereocenters. The Kier molecular flexibility index (Phi) is 5.03. The van der Waals surface area contributed by atoms with E-state index in [-0.39, 0.29) is 18.1 Å². The molecule has 31 heavy (non-hydrogen) atoms. The number of nitrogens with zero attached hydrogens (tertiary/aromatic N) is 3. The largest absolute Gasteiger partial charge is 0.396 e. The number of likely N-dealkylation sites (tertiary alicyclic amines) is 1. The van der Waals surface area contributed by atoms with Crippen molar-refractivity contribution in [3.05, 3.63) is 70.6 Å². The molecule has 0 saturated carbocycles. The fourth-order valence-electron chi connectivity index (χ4n) is 4.48. The van der Waals surface area contributed by atoms with Crippen molar-refractivity contribution in [3.63, 3.8) is 0 Å². The summed E-state index contributed by atoms with van der Waals surface area (Å²) in [7, 11) is 0. The first kappa shape index (κ1) is 19.5. The number of imidazole rings is 1. The number of aromatic amines is 1. The summed E-state index contributed by atoms with van der Waals surface area (Å²) in [5, 5.41) is 9.15. The Morgan fingerprint density at radius 3 is 2.61 bits per heavy atom. The van der Waals surface area contributed by atoms with Gasteiger partial charge in [0.2, 0.25) is 0 Å². The van der Waals surface area contributed by atoms with Gasteiger partial charge in [0.15, 0.2) is 0 Å². The third-order valence-corrected chi connectivity index (χ3v) is 6.20. The highest BCUT2D eigenvalue weighted by atomic mass is 16.3. The molecule has 7 heteroatoms. The number of piperidine rings is 1. The smallest absolute Gasteiger partial charge is 0.274 e. The number of carbonyl (C=O) groups is 1. The van der Waals surface area contributed by atoms with Crippen molar-refractivity contribution in [2.75, 3.05) is 19.7 Å². The molecule has 0 radical (unpaired) electrons. The molecule has 1 aliphatic heterocycles. The molecule has 4 aromatic rings. The number of fused-ring (bicyclic) bond motifs is 3. The highest BCUT2D eigenvalue weighted by Gasteiger charge is 2.24. The fourth-order valence-corrected chi connectivity index (χ4v) is 4.48. The topological polar surface area (TPSA) is 90.7 Å². The Hall–Kier alpha value is -3.45. The second-order valence-corrected chi connectivity index (χ2v) is 8.10. The number of carbonyl (C=O) groups excluding carboxylic acids is 1. The van der Waals surface area contributed by atoms with Crippen molar-refractivity contribution in [2.24, 2.45) is 5.92 Å². The number of aliphatic hydroxyl groups excluding tert-OH is 1. The van der Waals surface area contributed by atoms with Crippen LogP contribution in [0.5, 0.6) is 0 Å². The quantitative estimate of drug-likeness (QED) is 0.535. The van der Waals surface area contributed by atoms with E-state index in [0.29, 0.717) is 41.4 Å². The van der Waals surface area contributed by atoms with Gasteiger partial charge in [0, 0.05) is 30.8 Å². The van der Waals surface area contributed by atoms with Crippen molar-refractivity contribution < 1.29 is 9.90 Å². The molecule has 5 rings (SSSR count). The van der Waals surface area contributed by atoms with Crippen LogP contribution in [0.15, 0.2) is 59.5 Å². The third kappa shape index (κ3) is 3.51. The molecule has 3 heterocycles. The molecule has 1 amide bonds. The summed E-state index contributed by atoms with van der Waals surface area (Å²) in [6, 6.07) is 15.1. The average molecular weight is 416 g/mol. The minimum absolute atomic E-state index is 0.00919. The number of aromatic nitrogens is 3. The van der Waals surface area contributed by atoms with Gasteiger partial charge in [0.25, 0.3) is 11.5 Å². The zero-order chi connectivity index (χ0) is 21.4. The number of H-pyrrole nitrogens is 1. The molecule has 0 spiro atoms. The van der Waals surface area contributed by atoms with Crippen molar-refractivity contribution in [3.8, 4) is 11.4 Å². The van der Waals surface area contributed by atoms with Crippen LogP contribution < -0.4 is 5.56 Å². The van der Waals surface area contributed by atoms with Crippen molar-refractivity contribution in [1.29, 1.82) is 0 Å². The summed E-state index contributed by atoms with van der Waals surface area (Å²) in [4.78, 5) is 35.0. The van der Waals surface area contributed by atoms with Gasteiger partial charge in [0.1, 0.15) is 11.3 Å². The first-order chi connectivity index (χ1) is 15.2. The predicted octanol–water partition coefficient (Wildman–Crippen LogP) is 3.08. The van der Waals surface area contributed by atoms with Crippen molar-refractivity contribution in [1.82, 2.24) is 19.3 Å². The third-order valence-electron chi connectivity index (χ3n) is 6.20. The van der Waals surface area contributed by atoms with Gasteiger partial charge in [-0.25, -0.2) is 4.98 Å². The standard InChI is InChI=1S/C24H24N4O3/c29-13-10-16-8-11-27(12-9-16)24(31)18-6-7-19-20(14-18)28-21(23(30)26-19)15-25-22(28)17-4-2-1-3-5-17/h1-7,14-16,29H,8-13H2,(H,26,30). The van der Waals surface area contributed by atoms with E-state index < -0.39 is 0 Å². The zero-order valence-electron chi connectivity index (χ0n) is 17.1. The van der Waals surface area contributed by atoms with Crippen molar-refractivity contribution >= 4 is 22.5 Å². The molecule has 1 fully saturated rings. The number of hydrogen-bond donors (Lipinski definition) is 2.